The first-order valence-electron chi connectivity index (χ1n) is 16.3. The van der Waals surface area contributed by atoms with E-state index in [1.807, 2.05) is 24.3 Å². The molecule has 4 saturated carbocycles. The van der Waals surface area contributed by atoms with Gasteiger partial charge in [-0.25, -0.2) is 4.79 Å². The molecule has 1 saturated heterocycles. The summed E-state index contributed by atoms with van der Waals surface area (Å²) in [5.74, 6) is 0.406. The molecule has 2 heterocycles. The Bertz CT molecular complexity index is 1350. The lowest BCUT2D eigenvalue weighted by Gasteiger charge is -2.65. The zero-order valence-electron chi connectivity index (χ0n) is 25.9. The van der Waals surface area contributed by atoms with Gasteiger partial charge < -0.3 is 28.8 Å². The van der Waals surface area contributed by atoms with Gasteiger partial charge in [-0.3, -0.25) is 9.59 Å². The number of methoxy groups -OCH3 is 1. The van der Waals surface area contributed by atoms with E-state index in [-0.39, 0.29) is 47.8 Å². The summed E-state index contributed by atoms with van der Waals surface area (Å²) in [5.41, 5.74) is 1.48. The second-order valence-electron chi connectivity index (χ2n) is 14.5. The summed E-state index contributed by atoms with van der Waals surface area (Å²) in [6.07, 6.45) is 8.23. The summed E-state index contributed by atoms with van der Waals surface area (Å²) in [5, 5.41) is 8.95. The predicted molar refractivity (Wildman–Crippen MR) is 157 cm³/mol. The number of carbonyl (C=O) groups is 3. The predicted octanol–water partition coefficient (Wildman–Crippen LogP) is 5.76. The van der Waals surface area contributed by atoms with Crippen LogP contribution in [-0.2, 0) is 33.3 Å². The van der Waals surface area contributed by atoms with E-state index in [1.54, 1.807) is 13.2 Å². The van der Waals surface area contributed by atoms with E-state index in [2.05, 4.69) is 13.8 Å². The second-order valence-corrected chi connectivity index (χ2v) is 14.5. The number of hydrogen-bond donors (Lipinski definition) is 1. The van der Waals surface area contributed by atoms with Crippen LogP contribution < -0.4 is 4.74 Å². The molecule has 10 atom stereocenters. The van der Waals surface area contributed by atoms with Gasteiger partial charge in [0.1, 0.15) is 18.5 Å². The average molecular weight is 609 g/mol. The summed E-state index contributed by atoms with van der Waals surface area (Å²) in [6.45, 7) is 5.15. The number of benzene rings is 1. The molecule has 0 aromatic heterocycles. The second kappa shape index (κ2) is 10.9. The molecular weight excluding hydrogens is 564 g/mol. The van der Waals surface area contributed by atoms with E-state index in [0.717, 1.165) is 68.3 Å². The van der Waals surface area contributed by atoms with Crippen molar-refractivity contribution >= 4 is 17.9 Å². The minimum atomic E-state index is -0.982. The van der Waals surface area contributed by atoms with Crippen molar-refractivity contribution in [3.63, 3.8) is 0 Å². The summed E-state index contributed by atoms with van der Waals surface area (Å²) in [6, 6.07) is 7.94. The maximum absolute atomic E-state index is 12.4. The molecule has 1 spiro atoms. The largest absolute Gasteiger partial charge is 0.497 e. The Morgan fingerprint density at radius 3 is 2.52 bits per heavy atom. The van der Waals surface area contributed by atoms with Crippen LogP contribution in [0.1, 0.15) is 89.9 Å². The minimum absolute atomic E-state index is 0.0460. The van der Waals surface area contributed by atoms with Gasteiger partial charge in [-0.1, -0.05) is 26.0 Å². The maximum Gasteiger partial charge on any atom is 0.331 e. The van der Waals surface area contributed by atoms with Gasteiger partial charge in [0.15, 0.2) is 6.29 Å². The van der Waals surface area contributed by atoms with Crippen molar-refractivity contribution in [2.24, 2.45) is 34.5 Å². The fraction of sp³-hybridized carbons (Fsp3) is 0.686. The fourth-order valence-corrected chi connectivity index (χ4v) is 10.6. The van der Waals surface area contributed by atoms with E-state index in [4.69, 9.17) is 28.8 Å². The lowest BCUT2D eigenvalue weighted by Crippen LogP contribution is -2.63. The molecule has 9 nitrogen and oxygen atoms in total. The van der Waals surface area contributed by atoms with Crippen molar-refractivity contribution in [1.29, 1.82) is 0 Å². The zero-order valence-corrected chi connectivity index (χ0v) is 25.9. The number of esters is 2. The summed E-state index contributed by atoms with van der Waals surface area (Å²) < 4.78 is 30.7. The topological polar surface area (TPSA) is 118 Å². The number of carboxylic acids is 1. The van der Waals surface area contributed by atoms with Gasteiger partial charge in [-0.05, 0) is 85.8 Å². The van der Waals surface area contributed by atoms with E-state index in [9.17, 15) is 14.4 Å². The van der Waals surface area contributed by atoms with Gasteiger partial charge in [-0.2, -0.15) is 0 Å². The molecule has 1 unspecified atom stereocenters. The first-order valence-corrected chi connectivity index (χ1v) is 16.3. The van der Waals surface area contributed by atoms with E-state index in [0.29, 0.717) is 24.4 Å². The van der Waals surface area contributed by atoms with Crippen LogP contribution in [0.15, 0.2) is 35.9 Å². The highest BCUT2D eigenvalue weighted by Crippen LogP contribution is 2.73. The number of cyclic esters (lactones) is 1. The minimum Gasteiger partial charge on any atom is -0.497 e. The Hall–Kier alpha value is -2.91. The highest BCUT2D eigenvalue weighted by molar-refractivity contribution is 5.85. The Kier molecular flexibility index (Phi) is 7.35. The van der Waals surface area contributed by atoms with Crippen molar-refractivity contribution in [2.45, 2.75) is 102 Å². The van der Waals surface area contributed by atoms with Crippen LogP contribution in [0.5, 0.6) is 5.75 Å². The van der Waals surface area contributed by atoms with Crippen molar-refractivity contribution < 1.29 is 43.2 Å². The summed E-state index contributed by atoms with van der Waals surface area (Å²) >= 11 is 0. The monoisotopic (exact) mass is 608 g/mol. The van der Waals surface area contributed by atoms with Crippen LogP contribution in [0.4, 0.5) is 0 Å². The first kappa shape index (κ1) is 29.8. The first-order chi connectivity index (χ1) is 21.1. The van der Waals surface area contributed by atoms with Crippen LogP contribution in [-0.4, -0.2) is 54.5 Å². The van der Waals surface area contributed by atoms with Crippen LogP contribution in [0.3, 0.4) is 0 Å². The quantitative estimate of drug-likeness (QED) is 0.386. The molecule has 1 N–H and O–H groups in total. The van der Waals surface area contributed by atoms with Crippen LogP contribution in [0.25, 0.3) is 0 Å². The standard InChI is InChI=1S/C35H44O9/c1-33-14-12-24(42-29(38)11-10-28(36)37)17-22(33)6-9-26-25(33)13-15-34(2)31(21-16-30(39)41-19-21)27-18-35(26,34)44-32(43-27)20-4-7-23(40-3)8-5-20/h4-5,7-8,16,22,24-27,31-32H,6,9-15,17-19H2,1-3H3,(H,36,37)/t22-,24+,25+,26-,27+,31+,32?,33+,34-,35+/m1/s1. The van der Waals surface area contributed by atoms with Gasteiger partial charge in [0.2, 0.25) is 0 Å². The zero-order chi connectivity index (χ0) is 30.9. The van der Waals surface area contributed by atoms with E-state index >= 15 is 0 Å². The number of hydrogen-bond acceptors (Lipinski definition) is 8. The van der Waals surface area contributed by atoms with Crippen molar-refractivity contribution in [3.05, 3.63) is 41.5 Å². The smallest absolute Gasteiger partial charge is 0.331 e. The average Bonchev–Trinajstić information content (AvgIpc) is 3.50. The number of carbonyl (C=O) groups excluding carboxylic acids is 2. The molecule has 7 rings (SSSR count). The Morgan fingerprint density at radius 2 is 1.82 bits per heavy atom. The summed E-state index contributed by atoms with van der Waals surface area (Å²) in [7, 11) is 1.66. The summed E-state index contributed by atoms with van der Waals surface area (Å²) in [4.78, 5) is 35.5. The van der Waals surface area contributed by atoms with E-state index < -0.39 is 23.8 Å². The molecule has 238 valence electrons. The number of rotatable bonds is 7. The Labute approximate surface area is 258 Å². The van der Waals surface area contributed by atoms with Gasteiger partial charge in [-0.15, -0.1) is 0 Å². The molecule has 0 radical (unpaired) electrons. The number of ether oxygens (including phenoxy) is 5. The van der Waals surface area contributed by atoms with Gasteiger partial charge >= 0.3 is 17.9 Å². The fourth-order valence-electron chi connectivity index (χ4n) is 10.6. The molecule has 0 amide bonds. The van der Waals surface area contributed by atoms with Crippen molar-refractivity contribution in [3.8, 4) is 5.75 Å². The lowest BCUT2D eigenvalue weighted by molar-refractivity contribution is -0.319. The van der Waals surface area contributed by atoms with E-state index in [1.165, 1.54) is 0 Å². The normalized spacial score (nSPS) is 42.3. The van der Waals surface area contributed by atoms with Gasteiger partial charge in [0, 0.05) is 29.4 Å². The lowest BCUT2D eigenvalue weighted by atomic mass is 9.43. The highest BCUT2D eigenvalue weighted by atomic mass is 16.7. The number of aliphatic carboxylic acids is 1. The highest BCUT2D eigenvalue weighted by Gasteiger charge is 2.74. The molecule has 9 heteroatoms. The molecule has 1 aromatic carbocycles. The Balaban J connectivity index is 1.18. The SMILES string of the molecule is COc1ccc(C2O[C@H]3C[C@]4(O2)[C@@H]2CC[C@@H]5C[C@@H](OC(=O)CCC(=O)O)CC[C@]5(C)[C@H]2CC[C@]4(C)[C@H]3C2=CC(=O)OC2)cc1. The van der Waals surface area contributed by atoms with Gasteiger partial charge in [0.05, 0.1) is 31.7 Å². The third-order valence-corrected chi connectivity index (χ3v) is 12.7. The number of carboxylic acid groups (broad SMARTS) is 1. The molecule has 2 aliphatic heterocycles. The maximum atomic E-state index is 12.4. The van der Waals surface area contributed by atoms with Crippen molar-refractivity contribution in [1.82, 2.24) is 0 Å². The third-order valence-electron chi connectivity index (χ3n) is 12.7. The molecular formula is C35H44O9. The molecule has 2 bridgehead atoms. The molecule has 6 aliphatic rings. The van der Waals surface area contributed by atoms with Gasteiger partial charge in [0.25, 0.3) is 0 Å². The Morgan fingerprint density at radius 1 is 1.02 bits per heavy atom. The van der Waals surface area contributed by atoms with Crippen molar-refractivity contribution in [2.75, 3.05) is 13.7 Å². The van der Waals surface area contributed by atoms with Crippen LogP contribution in [0.2, 0.25) is 0 Å². The molecule has 44 heavy (non-hydrogen) atoms. The molecule has 5 fully saturated rings. The van der Waals surface area contributed by atoms with Crippen LogP contribution in [0, 0.1) is 34.5 Å². The van der Waals surface area contributed by atoms with Crippen LogP contribution >= 0.6 is 0 Å². The molecule has 4 aliphatic carbocycles. The third kappa shape index (κ3) is 4.60. The molecule has 1 aromatic rings. The number of fused-ring (bicyclic) bond motifs is 4.